The summed E-state index contributed by atoms with van der Waals surface area (Å²) >= 11 is 11.6. The van der Waals surface area contributed by atoms with Crippen molar-refractivity contribution in [1.82, 2.24) is 4.90 Å². The molecule has 0 radical (unpaired) electrons. The number of nitro groups is 1. The lowest BCUT2D eigenvalue weighted by molar-refractivity contribution is -0.388. The van der Waals surface area contributed by atoms with Crippen LogP contribution in [0.25, 0.3) is 0 Å². The van der Waals surface area contributed by atoms with Crippen LogP contribution >= 0.6 is 23.8 Å². The van der Waals surface area contributed by atoms with Crippen LogP contribution < -0.4 is 5.32 Å². The first-order valence-corrected chi connectivity index (χ1v) is 13.2. The molecule has 6 nitrogen and oxygen atoms in total. The number of ether oxygens (including phenoxy) is 1. The zero-order valence-corrected chi connectivity index (χ0v) is 21.7. The second-order valence-electron chi connectivity index (χ2n) is 9.62. The molecular weight excluding hydrogens is 527 g/mol. The first kappa shape index (κ1) is 27.6. The van der Waals surface area contributed by atoms with Gasteiger partial charge in [0.15, 0.2) is 0 Å². The smallest absolute Gasteiger partial charge is 0.382 e. The Kier molecular flexibility index (Phi) is 8.92. The molecule has 0 bridgehead atoms. The molecule has 37 heavy (non-hydrogen) atoms. The Morgan fingerprint density at radius 2 is 1.73 bits per heavy atom. The van der Waals surface area contributed by atoms with E-state index in [2.05, 4.69) is 22.3 Å². The molecule has 11 heteroatoms. The maximum Gasteiger partial charge on any atom is 0.423 e. The Balaban J connectivity index is 1.20. The number of nitrogens with one attached hydrogen (secondary N) is 1. The normalized spacial score (nSPS) is 21.0. The Morgan fingerprint density at radius 1 is 1.08 bits per heavy atom. The SMILES string of the molecule is O=[N+]([O-])c1ccc(N[C@H]2CC[C@H](OCC(=S)N3CCC(c4ccc(Cl)cc4)CC3)CC2)cc1C(F)(F)F. The summed E-state index contributed by atoms with van der Waals surface area (Å²) in [7, 11) is 0. The molecule has 1 aliphatic carbocycles. The number of hydrogen-bond acceptors (Lipinski definition) is 5. The van der Waals surface area contributed by atoms with E-state index >= 15 is 0 Å². The van der Waals surface area contributed by atoms with Crippen LogP contribution in [0.5, 0.6) is 0 Å². The topological polar surface area (TPSA) is 67.6 Å². The summed E-state index contributed by atoms with van der Waals surface area (Å²) in [5.74, 6) is 0.503. The van der Waals surface area contributed by atoms with E-state index in [1.165, 1.54) is 11.6 Å². The molecule has 4 rings (SSSR count). The van der Waals surface area contributed by atoms with Crippen LogP contribution in [-0.2, 0) is 10.9 Å². The van der Waals surface area contributed by atoms with Crippen LogP contribution in [0.4, 0.5) is 24.5 Å². The molecule has 1 saturated heterocycles. The minimum absolute atomic E-state index is 0.0266. The quantitative estimate of drug-likeness (QED) is 0.221. The van der Waals surface area contributed by atoms with Gasteiger partial charge in [-0.05, 0) is 74.3 Å². The largest absolute Gasteiger partial charge is 0.423 e. The van der Waals surface area contributed by atoms with Crippen molar-refractivity contribution in [2.45, 2.75) is 62.8 Å². The predicted octanol–water partition coefficient (Wildman–Crippen LogP) is 7.21. The lowest BCUT2D eigenvalue weighted by Gasteiger charge is -2.35. The maximum absolute atomic E-state index is 13.2. The van der Waals surface area contributed by atoms with Crippen LogP contribution in [0.2, 0.25) is 5.02 Å². The van der Waals surface area contributed by atoms with E-state index in [0.717, 1.165) is 73.8 Å². The van der Waals surface area contributed by atoms with Gasteiger partial charge in [0.05, 0.1) is 17.6 Å². The van der Waals surface area contributed by atoms with Gasteiger partial charge in [0.1, 0.15) is 10.6 Å². The highest BCUT2D eigenvalue weighted by atomic mass is 35.5. The Hall–Kier alpha value is -2.43. The molecule has 1 aliphatic heterocycles. The molecule has 1 N–H and O–H groups in total. The van der Waals surface area contributed by atoms with Gasteiger partial charge in [-0.2, -0.15) is 13.2 Å². The summed E-state index contributed by atoms with van der Waals surface area (Å²) < 4.78 is 45.8. The molecule has 2 fully saturated rings. The number of alkyl halides is 3. The summed E-state index contributed by atoms with van der Waals surface area (Å²) in [6.45, 7) is 2.17. The highest BCUT2D eigenvalue weighted by Gasteiger charge is 2.38. The van der Waals surface area contributed by atoms with Crippen molar-refractivity contribution < 1.29 is 22.8 Å². The number of piperidine rings is 1. The maximum atomic E-state index is 13.2. The third-order valence-electron chi connectivity index (χ3n) is 7.18. The van der Waals surface area contributed by atoms with Crippen molar-refractivity contribution in [3.63, 3.8) is 0 Å². The molecule has 0 atom stereocenters. The standard InChI is InChI=1S/C26H29ClF3N3O3S/c27-19-3-1-17(2-4-19)18-11-13-32(14-12-18)25(37)16-36-22-8-5-20(6-9-22)31-21-7-10-24(33(34)35)23(15-21)26(28,29)30/h1-4,7,10,15,18,20,22,31H,5-6,8-9,11-14,16H2/t20-,22-. The molecule has 2 aromatic carbocycles. The molecule has 2 aromatic rings. The zero-order chi connectivity index (χ0) is 26.6. The number of thiocarbonyl (C=S) groups is 1. The molecular formula is C26H29ClF3N3O3S. The lowest BCUT2D eigenvalue weighted by atomic mass is 9.89. The third-order valence-corrected chi connectivity index (χ3v) is 7.80. The van der Waals surface area contributed by atoms with Crippen LogP contribution in [0.3, 0.4) is 0 Å². The van der Waals surface area contributed by atoms with Gasteiger partial charge in [0.25, 0.3) is 5.69 Å². The number of nitrogens with zero attached hydrogens (tertiary/aromatic N) is 2. The summed E-state index contributed by atoms with van der Waals surface area (Å²) in [6, 6.07) is 11.0. The number of benzene rings is 2. The number of rotatable bonds is 7. The molecule has 0 aromatic heterocycles. The van der Waals surface area contributed by atoms with Crippen LogP contribution in [-0.4, -0.2) is 46.7 Å². The Morgan fingerprint density at radius 3 is 2.32 bits per heavy atom. The van der Waals surface area contributed by atoms with Gasteiger partial charge in [0, 0.05) is 35.9 Å². The summed E-state index contributed by atoms with van der Waals surface area (Å²) in [5, 5.41) is 14.8. The van der Waals surface area contributed by atoms with Crippen molar-refractivity contribution in [2.75, 3.05) is 25.0 Å². The van der Waals surface area contributed by atoms with Crippen molar-refractivity contribution in [1.29, 1.82) is 0 Å². The van der Waals surface area contributed by atoms with Crippen molar-refractivity contribution in [3.05, 3.63) is 68.7 Å². The van der Waals surface area contributed by atoms with Gasteiger partial charge >= 0.3 is 6.18 Å². The van der Waals surface area contributed by atoms with Crippen molar-refractivity contribution >= 4 is 40.2 Å². The highest BCUT2D eigenvalue weighted by molar-refractivity contribution is 7.80. The van der Waals surface area contributed by atoms with Gasteiger partial charge < -0.3 is 15.0 Å². The predicted molar refractivity (Wildman–Crippen MR) is 141 cm³/mol. The minimum Gasteiger partial charge on any atom is -0.382 e. The van der Waals surface area contributed by atoms with E-state index in [4.69, 9.17) is 28.6 Å². The molecule has 2 aliphatic rings. The summed E-state index contributed by atoms with van der Waals surface area (Å²) in [5.41, 5.74) is -0.656. The second-order valence-corrected chi connectivity index (χ2v) is 10.5. The van der Waals surface area contributed by atoms with E-state index in [0.29, 0.717) is 12.5 Å². The van der Waals surface area contributed by atoms with E-state index < -0.39 is 22.4 Å². The van der Waals surface area contributed by atoms with E-state index in [1.807, 2.05) is 12.1 Å². The highest BCUT2D eigenvalue weighted by Crippen LogP contribution is 2.38. The van der Waals surface area contributed by atoms with E-state index in [9.17, 15) is 23.3 Å². The minimum atomic E-state index is -4.80. The zero-order valence-electron chi connectivity index (χ0n) is 20.2. The van der Waals surface area contributed by atoms with Crippen LogP contribution in [0.1, 0.15) is 55.6 Å². The van der Waals surface area contributed by atoms with Crippen molar-refractivity contribution in [3.8, 4) is 0 Å². The Labute approximate surface area is 224 Å². The average molecular weight is 556 g/mol. The average Bonchev–Trinajstić information content (AvgIpc) is 2.88. The van der Waals surface area contributed by atoms with Gasteiger partial charge in [-0.25, -0.2) is 0 Å². The molecule has 0 unspecified atom stereocenters. The van der Waals surface area contributed by atoms with Crippen molar-refractivity contribution in [2.24, 2.45) is 0 Å². The number of anilines is 1. The fourth-order valence-corrected chi connectivity index (χ4v) is 5.48. The summed E-state index contributed by atoms with van der Waals surface area (Å²) in [6.07, 6.45) is 0.273. The molecule has 200 valence electrons. The first-order chi connectivity index (χ1) is 17.6. The van der Waals surface area contributed by atoms with Gasteiger partial charge in [0.2, 0.25) is 0 Å². The molecule has 1 saturated carbocycles. The number of likely N-dealkylation sites (tertiary alicyclic amines) is 1. The van der Waals surface area contributed by atoms with E-state index in [-0.39, 0.29) is 17.8 Å². The molecule has 0 amide bonds. The molecule has 1 heterocycles. The van der Waals surface area contributed by atoms with Crippen LogP contribution in [0, 0.1) is 10.1 Å². The monoisotopic (exact) mass is 555 g/mol. The second kappa shape index (κ2) is 12.0. The number of hydrogen-bond donors (Lipinski definition) is 1. The van der Waals surface area contributed by atoms with Gasteiger partial charge in [-0.1, -0.05) is 36.0 Å². The fourth-order valence-electron chi connectivity index (χ4n) is 5.10. The lowest BCUT2D eigenvalue weighted by Crippen LogP contribution is -2.40. The molecule has 0 spiro atoms. The van der Waals surface area contributed by atoms with Crippen LogP contribution in [0.15, 0.2) is 42.5 Å². The van der Waals surface area contributed by atoms with Gasteiger partial charge in [-0.15, -0.1) is 0 Å². The Bertz CT molecular complexity index is 1100. The third kappa shape index (κ3) is 7.33. The summed E-state index contributed by atoms with van der Waals surface area (Å²) in [4.78, 5) is 13.0. The fraction of sp³-hybridized carbons (Fsp3) is 0.500. The van der Waals surface area contributed by atoms with E-state index in [1.54, 1.807) is 0 Å². The number of nitro benzene ring substituents is 1. The van der Waals surface area contributed by atoms with Gasteiger partial charge in [-0.3, -0.25) is 10.1 Å². The first-order valence-electron chi connectivity index (χ1n) is 12.4. The number of halogens is 4.